The number of hydrogen-bond acceptors (Lipinski definition) is 8. The first kappa shape index (κ1) is 25.3. The van der Waals surface area contributed by atoms with E-state index in [2.05, 4.69) is 25.7 Å². The van der Waals surface area contributed by atoms with Crippen molar-refractivity contribution in [3.63, 3.8) is 0 Å². The molecule has 4 rings (SSSR count). The van der Waals surface area contributed by atoms with Crippen LogP contribution in [0, 0.1) is 11.2 Å². The van der Waals surface area contributed by atoms with E-state index in [0.29, 0.717) is 24.2 Å². The number of carboxylic acid groups (broad SMARTS) is 1. The number of amides is 1. The minimum absolute atomic E-state index is 0.0126. The number of rotatable bonds is 8. The number of carbonyl (C=O) groups is 2. The number of tetrazole rings is 1. The van der Waals surface area contributed by atoms with Crippen molar-refractivity contribution in [3.8, 4) is 23.0 Å². The van der Waals surface area contributed by atoms with E-state index in [1.807, 2.05) is 0 Å². The molecule has 2 heterocycles. The highest BCUT2D eigenvalue weighted by molar-refractivity contribution is 6.30. The quantitative estimate of drug-likeness (QED) is 0.451. The molecule has 1 aliphatic carbocycles. The molecule has 1 atom stereocenters. The topological polar surface area (TPSA) is 141 Å². The summed E-state index contributed by atoms with van der Waals surface area (Å²) in [6, 6.07) is 6.78. The fraction of sp³-hybridized carbons (Fsp3) is 0.391. The number of aliphatic carboxylic acids is 1. The van der Waals surface area contributed by atoms with Gasteiger partial charge in [-0.05, 0) is 69.2 Å². The van der Waals surface area contributed by atoms with Crippen LogP contribution in [0.25, 0.3) is 11.4 Å². The van der Waals surface area contributed by atoms with Crippen molar-refractivity contribution in [2.45, 2.75) is 51.8 Å². The van der Waals surface area contributed by atoms with Gasteiger partial charge in [0, 0.05) is 11.8 Å². The van der Waals surface area contributed by atoms with Crippen LogP contribution in [0.3, 0.4) is 0 Å². The summed E-state index contributed by atoms with van der Waals surface area (Å²) in [5.74, 6) is -1.31. The molecule has 190 valence electrons. The number of pyridine rings is 1. The molecule has 3 aromatic rings. The fourth-order valence-corrected chi connectivity index (χ4v) is 3.66. The Morgan fingerprint density at radius 2 is 1.97 bits per heavy atom. The predicted molar refractivity (Wildman–Crippen MR) is 125 cm³/mol. The highest BCUT2D eigenvalue weighted by Gasteiger charge is 2.57. The Morgan fingerprint density at radius 1 is 1.28 bits per heavy atom. The van der Waals surface area contributed by atoms with Gasteiger partial charge >= 0.3 is 12.1 Å². The third-order valence-electron chi connectivity index (χ3n) is 5.47. The summed E-state index contributed by atoms with van der Waals surface area (Å²) in [6.45, 7) is 5.14. The molecule has 36 heavy (non-hydrogen) atoms. The van der Waals surface area contributed by atoms with Crippen LogP contribution in [0.4, 0.5) is 9.18 Å². The summed E-state index contributed by atoms with van der Waals surface area (Å²) < 4.78 is 24.6. The van der Waals surface area contributed by atoms with Crippen molar-refractivity contribution < 1.29 is 28.6 Å². The van der Waals surface area contributed by atoms with Gasteiger partial charge in [0.15, 0.2) is 5.82 Å². The standard InChI is InChI=1S/C23H24ClFN6O5/c1-22(2,3)36-21(34)27-17(23(8-9-23)20(32)33)12-31-29-18(28-30-31)13-4-6-15(7-5-13)35-19-16(25)10-14(24)11-26-19/h4-7,10-11,17H,8-9,12H2,1-3H3,(H,27,34)(H,32,33). The molecule has 0 saturated heterocycles. The van der Waals surface area contributed by atoms with Crippen LogP contribution in [0.5, 0.6) is 11.6 Å². The summed E-state index contributed by atoms with van der Waals surface area (Å²) >= 11 is 5.70. The van der Waals surface area contributed by atoms with Gasteiger partial charge in [-0.1, -0.05) is 11.6 Å². The number of ether oxygens (including phenoxy) is 2. The fourth-order valence-electron chi connectivity index (χ4n) is 3.51. The first-order valence-corrected chi connectivity index (χ1v) is 11.4. The second kappa shape index (κ2) is 9.69. The van der Waals surface area contributed by atoms with Crippen molar-refractivity contribution in [1.29, 1.82) is 0 Å². The van der Waals surface area contributed by atoms with E-state index in [1.165, 1.54) is 11.0 Å². The van der Waals surface area contributed by atoms with E-state index in [0.717, 1.165) is 6.07 Å². The second-order valence-electron chi connectivity index (χ2n) is 9.39. The molecule has 1 amide bonds. The van der Waals surface area contributed by atoms with Gasteiger partial charge < -0.3 is 19.9 Å². The Balaban J connectivity index is 1.46. The molecule has 0 radical (unpaired) electrons. The van der Waals surface area contributed by atoms with E-state index in [9.17, 15) is 19.1 Å². The molecule has 1 fully saturated rings. The van der Waals surface area contributed by atoms with E-state index >= 15 is 0 Å². The summed E-state index contributed by atoms with van der Waals surface area (Å²) in [4.78, 5) is 29.3. The van der Waals surface area contributed by atoms with Crippen LogP contribution in [0.2, 0.25) is 5.02 Å². The van der Waals surface area contributed by atoms with Crippen LogP contribution in [0.15, 0.2) is 36.5 Å². The first-order valence-electron chi connectivity index (χ1n) is 11.1. The van der Waals surface area contributed by atoms with Crippen molar-refractivity contribution >= 4 is 23.7 Å². The van der Waals surface area contributed by atoms with Crippen LogP contribution in [-0.4, -0.2) is 54.0 Å². The maximum Gasteiger partial charge on any atom is 0.407 e. The lowest BCUT2D eigenvalue weighted by molar-refractivity contribution is -0.144. The van der Waals surface area contributed by atoms with Crippen molar-refractivity contribution in [3.05, 3.63) is 47.4 Å². The van der Waals surface area contributed by atoms with Crippen LogP contribution in [0.1, 0.15) is 33.6 Å². The minimum Gasteiger partial charge on any atom is -0.481 e. The Labute approximate surface area is 210 Å². The maximum absolute atomic E-state index is 13.9. The molecule has 1 aliphatic rings. The number of benzene rings is 1. The molecule has 0 spiro atoms. The molecule has 2 aromatic heterocycles. The van der Waals surface area contributed by atoms with Gasteiger partial charge in [-0.2, -0.15) is 4.80 Å². The third kappa shape index (κ3) is 5.88. The number of aromatic nitrogens is 5. The summed E-state index contributed by atoms with van der Waals surface area (Å²) in [6.07, 6.45) is 1.38. The van der Waals surface area contributed by atoms with E-state index in [-0.39, 0.29) is 23.3 Å². The van der Waals surface area contributed by atoms with Gasteiger partial charge in [-0.25, -0.2) is 14.2 Å². The highest BCUT2D eigenvalue weighted by atomic mass is 35.5. The van der Waals surface area contributed by atoms with Crippen LogP contribution < -0.4 is 10.1 Å². The zero-order chi connectivity index (χ0) is 26.1. The lowest BCUT2D eigenvalue weighted by atomic mass is 9.96. The minimum atomic E-state index is -1.12. The van der Waals surface area contributed by atoms with Crippen LogP contribution >= 0.6 is 11.6 Å². The normalized spacial score (nSPS) is 15.1. The molecule has 2 N–H and O–H groups in total. The molecule has 1 aromatic carbocycles. The Kier molecular flexibility index (Phi) is 6.81. The molecule has 13 heteroatoms. The molecular weight excluding hydrogens is 495 g/mol. The van der Waals surface area contributed by atoms with Gasteiger partial charge in [0.1, 0.15) is 11.4 Å². The zero-order valence-corrected chi connectivity index (χ0v) is 20.5. The molecule has 0 aliphatic heterocycles. The van der Waals surface area contributed by atoms with E-state index in [4.69, 9.17) is 21.1 Å². The Hall–Kier alpha value is -3.80. The largest absolute Gasteiger partial charge is 0.481 e. The number of halogens is 2. The van der Waals surface area contributed by atoms with E-state index < -0.39 is 34.9 Å². The number of alkyl carbamates (subject to hydrolysis) is 1. The van der Waals surface area contributed by atoms with Crippen LogP contribution in [-0.2, 0) is 16.1 Å². The highest BCUT2D eigenvalue weighted by Crippen LogP contribution is 2.49. The number of carbonyl (C=O) groups excluding carboxylic acids is 1. The summed E-state index contributed by atoms with van der Waals surface area (Å²) in [5.41, 5.74) is -1.26. The average Bonchev–Trinajstić information content (AvgIpc) is 3.48. The first-order chi connectivity index (χ1) is 16.9. The number of nitrogens with zero attached hydrogens (tertiary/aromatic N) is 5. The van der Waals surface area contributed by atoms with Gasteiger partial charge in [-0.15, -0.1) is 10.2 Å². The third-order valence-corrected chi connectivity index (χ3v) is 5.68. The van der Waals surface area contributed by atoms with Gasteiger partial charge in [0.25, 0.3) is 5.88 Å². The summed E-state index contributed by atoms with van der Waals surface area (Å²) in [5, 5.41) is 24.9. The zero-order valence-electron chi connectivity index (χ0n) is 19.7. The maximum atomic E-state index is 13.9. The SMILES string of the molecule is CC(C)(C)OC(=O)NC(Cn1nnc(-c2ccc(Oc3ncc(Cl)cc3F)cc2)n1)C1(C(=O)O)CC1. The molecular formula is C23H24ClFN6O5. The smallest absolute Gasteiger partial charge is 0.407 e. The van der Waals surface area contributed by atoms with Crippen molar-refractivity contribution in [1.82, 2.24) is 30.5 Å². The van der Waals surface area contributed by atoms with Gasteiger partial charge in [0.05, 0.1) is 23.0 Å². The van der Waals surface area contributed by atoms with E-state index in [1.54, 1.807) is 45.0 Å². The Morgan fingerprint density at radius 3 is 2.56 bits per heavy atom. The number of nitrogens with one attached hydrogen (secondary N) is 1. The summed E-state index contributed by atoms with van der Waals surface area (Å²) in [7, 11) is 0. The molecule has 1 unspecified atom stereocenters. The molecule has 0 bridgehead atoms. The Bertz CT molecular complexity index is 1270. The lowest BCUT2D eigenvalue weighted by Crippen LogP contribution is -2.49. The number of hydrogen-bond donors (Lipinski definition) is 2. The average molecular weight is 519 g/mol. The predicted octanol–water partition coefficient (Wildman–Crippen LogP) is 4.08. The van der Waals surface area contributed by atoms with Gasteiger partial charge in [0.2, 0.25) is 5.82 Å². The number of carboxylic acids is 1. The van der Waals surface area contributed by atoms with Crippen molar-refractivity contribution in [2.75, 3.05) is 0 Å². The second-order valence-corrected chi connectivity index (χ2v) is 9.83. The lowest BCUT2D eigenvalue weighted by Gasteiger charge is -2.26. The van der Waals surface area contributed by atoms with Crippen molar-refractivity contribution in [2.24, 2.45) is 5.41 Å². The molecule has 11 nitrogen and oxygen atoms in total. The monoisotopic (exact) mass is 518 g/mol. The molecule has 1 saturated carbocycles. The van der Waals surface area contributed by atoms with Gasteiger partial charge in [-0.3, -0.25) is 4.79 Å².